The molecule has 1 aliphatic rings. The Hall–Kier alpha value is -2.41. The number of fused-ring (bicyclic) bond motifs is 1. The second-order valence-electron chi connectivity index (χ2n) is 6.43. The summed E-state index contributed by atoms with van der Waals surface area (Å²) in [6, 6.07) is 16.1. The molecule has 136 valence electrons. The van der Waals surface area contributed by atoms with Crippen LogP contribution in [0.2, 0.25) is 0 Å². The zero-order chi connectivity index (χ0) is 19.1. The van der Waals surface area contributed by atoms with Crippen LogP contribution in [0.15, 0.2) is 60.7 Å². The first-order chi connectivity index (χ1) is 12.9. The molecule has 0 radical (unpaired) electrons. The van der Waals surface area contributed by atoms with E-state index < -0.39 is 17.7 Å². The third kappa shape index (κ3) is 3.43. The zero-order valence-electron chi connectivity index (χ0n) is 14.3. The molecule has 0 bridgehead atoms. The van der Waals surface area contributed by atoms with Gasteiger partial charge in [0, 0.05) is 26.8 Å². The number of phenolic OH excluding ortho intramolecular Hbond substituents is 1. The standard InChI is InChI=1S/C22H15F2IO2/c1-12-19-7-6-18(26)11-20(19)27-22(13-2-4-17(25)5-3-13)21(12)14-8-15(23)10-16(24)9-14/h2-11,22,26H,1H3. The summed E-state index contributed by atoms with van der Waals surface area (Å²) in [5, 5.41) is 9.83. The van der Waals surface area contributed by atoms with Crippen LogP contribution in [0.1, 0.15) is 29.7 Å². The maximum atomic E-state index is 13.9. The smallest absolute Gasteiger partial charge is 0.150 e. The number of hydrogen-bond acceptors (Lipinski definition) is 2. The molecule has 2 nitrogen and oxygen atoms in total. The van der Waals surface area contributed by atoms with Crippen LogP contribution in [0, 0.1) is 15.2 Å². The Bertz CT molecular complexity index is 1040. The average molecular weight is 476 g/mol. The number of ether oxygens (including phenoxy) is 1. The lowest BCUT2D eigenvalue weighted by atomic mass is 9.86. The van der Waals surface area contributed by atoms with Gasteiger partial charge in [0.25, 0.3) is 0 Å². The van der Waals surface area contributed by atoms with Gasteiger partial charge in [-0.2, -0.15) is 0 Å². The maximum Gasteiger partial charge on any atom is 0.150 e. The SMILES string of the molecule is CC1=C(c2cc(F)cc(F)c2)C(c2ccc(I)cc2)Oc2cc(O)ccc21. The molecule has 0 saturated heterocycles. The van der Waals surface area contributed by atoms with Crippen molar-refractivity contribution in [2.45, 2.75) is 13.0 Å². The number of benzene rings is 3. The minimum absolute atomic E-state index is 0.100. The summed E-state index contributed by atoms with van der Waals surface area (Å²) in [6.45, 7) is 1.90. The number of phenols is 1. The van der Waals surface area contributed by atoms with Crippen LogP contribution in [0.3, 0.4) is 0 Å². The highest BCUT2D eigenvalue weighted by Gasteiger charge is 2.30. The Balaban J connectivity index is 1.96. The van der Waals surface area contributed by atoms with Gasteiger partial charge in [0.05, 0.1) is 0 Å². The van der Waals surface area contributed by atoms with Crippen molar-refractivity contribution >= 4 is 33.7 Å². The molecular formula is C22H15F2IO2. The van der Waals surface area contributed by atoms with Gasteiger partial charge in [-0.1, -0.05) is 12.1 Å². The van der Waals surface area contributed by atoms with Crippen molar-refractivity contribution in [1.29, 1.82) is 0 Å². The molecule has 1 atom stereocenters. The summed E-state index contributed by atoms with van der Waals surface area (Å²) in [4.78, 5) is 0. The molecule has 0 aromatic heterocycles. The predicted molar refractivity (Wildman–Crippen MR) is 109 cm³/mol. The molecule has 1 aliphatic heterocycles. The Morgan fingerprint density at radius 1 is 0.926 bits per heavy atom. The first kappa shape index (κ1) is 18.0. The van der Waals surface area contributed by atoms with E-state index in [2.05, 4.69) is 22.6 Å². The highest BCUT2D eigenvalue weighted by Crippen LogP contribution is 2.47. The summed E-state index contributed by atoms with van der Waals surface area (Å²) in [5.74, 6) is -0.633. The lowest BCUT2D eigenvalue weighted by Crippen LogP contribution is -2.16. The largest absolute Gasteiger partial charge is 0.508 e. The Kier molecular flexibility index (Phi) is 4.63. The van der Waals surface area contributed by atoms with Gasteiger partial charge < -0.3 is 9.84 Å². The summed E-state index contributed by atoms with van der Waals surface area (Å²) in [6.07, 6.45) is -0.544. The van der Waals surface area contributed by atoms with Crippen molar-refractivity contribution < 1.29 is 18.6 Å². The van der Waals surface area contributed by atoms with E-state index in [-0.39, 0.29) is 5.75 Å². The average Bonchev–Trinajstić information content (AvgIpc) is 2.61. The molecule has 1 heterocycles. The summed E-state index contributed by atoms with van der Waals surface area (Å²) in [5.41, 5.74) is 3.64. The third-order valence-electron chi connectivity index (χ3n) is 4.63. The Labute approximate surface area is 169 Å². The number of allylic oxidation sites excluding steroid dienone is 1. The molecule has 4 rings (SSSR count). The normalized spacial score (nSPS) is 16.1. The first-order valence-corrected chi connectivity index (χ1v) is 9.43. The van der Waals surface area contributed by atoms with Crippen molar-refractivity contribution in [3.63, 3.8) is 0 Å². The predicted octanol–water partition coefficient (Wildman–Crippen LogP) is 6.34. The van der Waals surface area contributed by atoms with Crippen LogP contribution >= 0.6 is 22.6 Å². The molecular weight excluding hydrogens is 461 g/mol. The third-order valence-corrected chi connectivity index (χ3v) is 5.35. The van der Waals surface area contributed by atoms with E-state index in [1.807, 2.05) is 31.2 Å². The van der Waals surface area contributed by atoms with Crippen LogP contribution in [0.4, 0.5) is 8.78 Å². The Morgan fingerprint density at radius 2 is 1.59 bits per heavy atom. The number of aromatic hydroxyl groups is 1. The van der Waals surface area contributed by atoms with Crippen molar-refractivity contribution in [2.24, 2.45) is 0 Å². The first-order valence-electron chi connectivity index (χ1n) is 8.35. The maximum absolute atomic E-state index is 13.9. The van der Waals surface area contributed by atoms with Gasteiger partial charge >= 0.3 is 0 Å². The van der Waals surface area contributed by atoms with Gasteiger partial charge in [0.15, 0.2) is 0 Å². The van der Waals surface area contributed by atoms with Crippen LogP contribution in [-0.2, 0) is 0 Å². The van der Waals surface area contributed by atoms with Crippen LogP contribution in [0.25, 0.3) is 11.1 Å². The molecule has 1 N–H and O–H groups in total. The van der Waals surface area contributed by atoms with E-state index in [1.54, 1.807) is 18.2 Å². The fourth-order valence-electron chi connectivity index (χ4n) is 3.40. The van der Waals surface area contributed by atoms with Crippen LogP contribution in [-0.4, -0.2) is 5.11 Å². The van der Waals surface area contributed by atoms with Gasteiger partial charge in [-0.25, -0.2) is 8.78 Å². The highest BCUT2D eigenvalue weighted by molar-refractivity contribution is 14.1. The van der Waals surface area contributed by atoms with Crippen molar-refractivity contribution in [1.82, 2.24) is 0 Å². The molecule has 3 aromatic carbocycles. The van der Waals surface area contributed by atoms with Crippen molar-refractivity contribution in [3.05, 3.63) is 92.6 Å². The fourth-order valence-corrected chi connectivity index (χ4v) is 3.76. The summed E-state index contributed by atoms with van der Waals surface area (Å²) in [7, 11) is 0. The molecule has 1 unspecified atom stereocenters. The summed E-state index contributed by atoms with van der Waals surface area (Å²) < 4.78 is 35.1. The quantitative estimate of drug-likeness (QED) is 0.438. The van der Waals surface area contributed by atoms with Gasteiger partial charge in [0.2, 0.25) is 0 Å². The van der Waals surface area contributed by atoms with E-state index in [1.165, 1.54) is 12.1 Å². The second-order valence-corrected chi connectivity index (χ2v) is 7.67. The lowest BCUT2D eigenvalue weighted by Gasteiger charge is -2.31. The zero-order valence-corrected chi connectivity index (χ0v) is 16.5. The van der Waals surface area contributed by atoms with E-state index in [9.17, 15) is 13.9 Å². The minimum Gasteiger partial charge on any atom is -0.508 e. The second kappa shape index (κ2) is 6.96. The Morgan fingerprint density at radius 3 is 2.26 bits per heavy atom. The molecule has 5 heteroatoms. The molecule has 3 aromatic rings. The molecule has 0 saturated carbocycles. The van der Waals surface area contributed by atoms with Gasteiger partial charge in [-0.05, 0) is 82.6 Å². The van der Waals surface area contributed by atoms with Crippen molar-refractivity contribution in [2.75, 3.05) is 0 Å². The monoisotopic (exact) mass is 476 g/mol. The highest BCUT2D eigenvalue weighted by atomic mass is 127. The molecule has 27 heavy (non-hydrogen) atoms. The van der Waals surface area contributed by atoms with E-state index in [0.717, 1.165) is 26.3 Å². The van der Waals surface area contributed by atoms with Crippen LogP contribution < -0.4 is 4.74 Å². The van der Waals surface area contributed by atoms with Crippen LogP contribution in [0.5, 0.6) is 11.5 Å². The number of rotatable bonds is 2. The fraction of sp³-hybridized carbons (Fsp3) is 0.0909. The minimum atomic E-state index is -0.636. The number of hydrogen-bond donors (Lipinski definition) is 1. The topological polar surface area (TPSA) is 29.5 Å². The molecule has 0 spiro atoms. The number of halogens is 3. The van der Waals surface area contributed by atoms with Gasteiger partial charge in [-0.3, -0.25) is 0 Å². The molecule has 0 amide bonds. The van der Waals surface area contributed by atoms with Gasteiger partial charge in [-0.15, -0.1) is 0 Å². The van der Waals surface area contributed by atoms with E-state index >= 15 is 0 Å². The van der Waals surface area contributed by atoms with E-state index in [4.69, 9.17) is 4.74 Å². The van der Waals surface area contributed by atoms with Crippen molar-refractivity contribution in [3.8, 4) is 11.5 Å². The lowest BCUT2D eigenvalue weighted by molar-refractivity contribution is 0.259. The van der Waals surface area contributed by atoms with Gasteiger partial charge in [0.1, 0.15) is 29.2 Å². The summed E-state index contributed by atoms with van der Waals surface area (Å²) >= 11 is 2.22. The molecule has 0 aliphatic carbocycles. The molecule has 0 fully saturated rings. The van der Waals surface area contributed by atoms with E-state index in [0.29, 0.717) is 16.9 Å².